The second-order valence-corrected chi connectivity index (χ2v) is 6.68. The summed E-state index contributed by atoms with van der Waals surface area (Å²) in [7, 11) is 1.60. The van der Waals surface area contributed by atoms with Gasteiger partial charge in [-0.25, -0.2) is 0 Å². The Morgan fingerprint density at radius 3 is 2.47 bits per heavy atom. The number of halogens is 4. The van der Waals surface area contributed by atoms with Crippen LogP contribution in [0.25, 0.3) is 5.57 Å². The summed E-state index contributed by atoms with van der Waals surface area (Å²) in [4.78, 5) is 17.6. The zero-order valence-electron chi connectivity index (χ0n) is 16.9. The number of carbonyl (C=O) groups is 1. The van der Waals surface area contributed by atoms with E-state index >= 15 is 0 Å². The van der Waals surface area contributed by atoms with Crippen LogP contribution >= 0.6 is 11.6 Å². The van der Waals surface area contributed by atoms with Crippen molar-refractivity contribution < 1.29 is 18.0 Å². The van der Waals surface area contributed by atoms with Crippen molar-refractivity contribution in [1.29, 1.82) is 0 Å². The monoisotopic (exact) mass is 437 g/mol. The number of rotatable bonds is 4. The number of nitrogens with zero attached hydrogens (tertiary/aromatic N) is 2. The molecule has 160 valence electrons. The number of carbonyl (C=O) groups excluding carboxylic acids is 1. The Morgan fingerprint density at radius 1 is 1.23 bits per heavy atom. The number of para-hydroxylation sites is 1. The highest BCUT2D eigenvalue weighted by Gasteiger charge is 2.53. The number of amides is 1. The van der Waals surface area contributed by atoms with Crippen molar-refractivity contribution in [1.82, 2.24) is 0 Å². The normalized spacial score (nSPS) is 16.5. The highest BCUT2D eigenvalue weighted by molar-refractivity contribution is 6.31. The third-order valence-corrected chi connectivity index (χ3v) is 4.89. The van der Waals surface area contributed by atoms with E-state index in [0.717, 1.165) is 4.90 Å². The van der Waals surface area contributed by atoms with Crippen LogP contribution in [0, 0.1) is 0 Å². The molecule has 1 amide bonds. The molecule has 0 radical (unpaired) electrons. The Labute approximate surface area is 178 Å². The van der Waals surface area contributed by atoms with Crippen molar-refractivity contribution >= 4 is 35.0 Å². The zero-order chi connectivity index (χ0) is 22.5. The van der Waals surface area contributed by atoms with Gasteiger partial charge in [0.1, 0.15) is 0 Å². The van der Waals surface area contributed by atoms with E-state index in [1.54, 1.807) is 37.5 Å². The van der Waals surface area contributed by atoms with Crippen LogP contribution in [0.15, 0.2) is 53.7 Å². The van der Waals surface area contributed by atoms with E-state index in [9.17, 15) is 18.0 Å². The van der Waals surface area contributed by atoms with Gasteiger partial charge in [0.15, 0.2) is 5.92 Å². The van der Waals surface area contributed by atoms with Crippen LogP contribution in [-0.2, 0) is 11.3 Å². The average Bonchev–Trinajstić information content (AvgIpc) is 3.01. The molecule has 0 saturated carbocycles. The minimum Gasteiger partial charge on any atom is -0.404 e. The summed E-state index contributed by atoms with van der Waals surface area (Å²) in [6.45, 7) is 3.94. The van der Waals surface area contributed by atoms with Crippen molar-refractivity contribution in [2.45, 2.75) is 32.5 Å². The molecule has 0 aliphatic carbocycles. The number of benzene rings is 2. The van der Waals surface area contributed by atoms with Gasteiger partial charge < -0.3 is 10.6 Å². The maximum absolute atomic E-state index is 13.4. The standard InChI is InChI=1S/C20H17ClF3N3O.C2H6/c1-26-10-14(9-25)12-6-7-13(16(21)8-12)11-27-17-5-3-2-4-15(17)18(19(27)28)20(22,23)24;1-2/h2-10,18H,11,25H2,1H3;1-2H3/b14-9+,26-10?;. The number of hydrogen-bond donors (Lipinski definition) is 1. The Morgan fingerprint density at radius 2 is 1.90 bits per heavy atom. The van der Waals surface area contributed by atoms with E-state index in [4.69, 9.17) is 17.3 Å². The summed E-state index contributed by atoms with van der Waals surface area (Å²) in [5.74, 6) is -3.16. The predicted octanol–water partition coefficient (Wildman–Crippen LogP) is 5.56. The molecule has 1 heterocycles. The van der Waals surface area contributed by atoms with Gasteiger partial charge in [0, 0.05) is 35.7 Å². The van der Waals surface area contributed by atoms with Crippen LogP contribution in [0.4, 0.5) is 18.9 Å². The summed E-state index contributed by atoms with van der Waals surface area (Å²) >= 11 is 6.34. The number of aliphatic imine (C=N–C) groups is 1. The minimum atomic E-state index is -4.66. The van der Waals surface area contributed by atoms with Crippen molar-refractivity contribution in [2.75, 3.05) is 11.9 Å². The maximum Gasteiger partial charge on any atom is 0.404 e. The fraction of sp³-hybridized carbons (Fsp3) is 0.273. The lowest BCUT2D eigenvalue weighted by Gasteiger charge is -2.20. The first-order chi connectivity index (χ1) is 14.3. The van der Waals surface area contributed by atoms with Crippen LogP contribution in [0.2, 0.25) is 5.02 Å². The number of nitrogens with two attached hydrogens (primary N) is 1. The SMILES string of the molecule is CC.CN=C/C(=C\N)c1ccc(CN2C(=O)C(C(F)(F)F)c3ccccc32)c(Cl)c1. The van der Waals surface area contributed by atoms with E-state index in [1.807, 2.05) is 13.8 Å². The lowest BCUT2D eigenvalue weighted by atomic mass is 10.0. The largest absolute Gasteiger partial charge is 0.404 e. The first kappa shape index (κ1) is 23.5. The molecule has 8 heteroatoms. The molecule has 1 aliphatic heterocycles. The molecule has 2 aromatic rings. The highest BCUT2D eigenvalue weighted by Crippen LogP contribution is 2.46. The number of allylic oxidation sites excluding steroid dienone is 1. The number of hydrogen-bond acceptors (Lipinski definition) is 3. The molecule has 4 nitrogen and oxygen atoms in total. The fourth-order valence-corrected chi connectivity index (χ4v) is 3.48. The van der Waals surface area contributed by atoms with E-state index in [1.165, 1.54) is 24.4 Å². The van der Waals surface area contributed by atoms with Crippen molar-refractivity contribution in [3.05, 3.63) is 70.4 Å². The topological polar surface area (TPSA) is 58.7 Å². The summed E-state index contributed by atoms with van der Waals surface area (Å²) in [5.41, 5.74) is 7.68. The van der Waals surface area contributed by atoms with E-state index in [2.05, 4.69) is 4.99 Å². The minimum absolute atomic E-state index is 0.0414. The Kier molecular flexibility index (Phi) is 7.67. The van der Waals surface area contributed by atoms with Crippen LogP contribution < -0.4 is 10.6 Å². The van der Waals surface area contributed by atoms with Gasteiger partial charge in [-0.1, -0.05) is 55.8 Å². The molecular formula is C22H23ClF3N3O. The third-order valence-electron chi connectivity index (χ3n) is 4.54. The third kappa shape index (κ3) is 4.67. The van der Waals surface area contributed by atoms with Gasteiger partial charge >= 0.3 is 6.18 Å². The molecule has 0 bridgehead atoms. The molecule has 0 fully saturated rings. The number of fused-ring (bicyclic) bond motifs is 1. The average molecular weight is 438 g/mol. The van der Waals surface area contributed by atoms with E-state index in [0.29, 0.717) is 21.7 Å². The molecule has 0 spiro atoms. The Hall–Kier alpha value is -2.80. The summed E-state index contributed by atoms with van der Waals surface area (Å²) in [5, 5.41) is 0.321. The smallest absolute Gasteiger partial charge is 0.404 e. The summed E-state index contributed by atoms with van der Waals surface area (Å²) < 4.78 is 40.3. The first-order valence-corrected chi connectivity index (χ1v) is 9.75. The molecule has 1 unspecified atom stereocenters. The van der Waals surface area contributed by atoms with Gasteiger partial charge in [-0.15, -0.1) is 0 Å². The van der Waals surface area contributed by atoms with Gasteiger partial charge in [-0.2, -0.15) is 13.2 Å². The zero-order valence-corrected chi connectivity index (χ0v) is 17.6. The fourth-order valence-electron chi connectivity index (χ4n) is 3.24. The van der Waals surface area contributed by atoms with Crippen molar-refractivity contribution in [3.63, 3.8) is 0 Å². The van der Waals surface area contributed by atoms with Crippen LogP contribution in [0.5, 0.6) is 0 Å². The highest BCUT2D eigenvalue weighted by atomic mass is 35.5. The molecule has 30 heavy (non-hydrogen) atoms. The van der Waals surface area contributed by atoms with Crippen LogP contribution in [0.1, 0.15) is 36.5 Å². The molecule has 2 N–H and O–H groups in total. The first-order valence-electron chi connectivity index (χ1n) is 9.37. The quantitative estimate of drug-likeness (QED) is 0.636. The Bertz CT molecular complexity index is 970. The molecular weight excluding hydrogens is 415 g/mol. The summed E-state index contributed by atoms with van der Waals surface area (Å²) in [6.07, 6.45) is -1.71. The number of alkyl halides is 3. The van der Waals surface area contributed by atoms with Crippen molar-refractivity contribution in [3.8, 4) is 0 Å². The Balaban J connectivity index is 0.00000155. The summed E-state index contributed by atoms with van der Waals surface area (Å²) in [6, 6.07) is 11.0. The molecule has 0 saturated heterocycles. The van der Waals surface area contributed by atoms with Gasteiger partial charge in [-0.3, -0.25) is 9.79 Å². The molecule has 1 atom stereocenters. The molecule has 0 aromatic heterocycles. The lowest BCUT2D eigenvalue weighted by molar-refractivity contribution is -0.161. The number of anilines is 1. The van der Waals surface area contributed by atoms with Crippen LogP contribution in [0.3, 0.4) is 0 Å². The lowest BCUT2D eigenvalue weighted by Crippen LogP contribution is -2.34. The van der Waals surface area contributed by atoms with Gasteiger partial charge in [0.2, 0.25) is 5.91 Å². The van der Waals surface area contributed by atoms with Crippen LogP contribution in [-0.4, -0.2) is 25.3 Å². The van der Waals surface area contributed by atoms with Crippen molar-refractivity contribution in [2.24, 2.45) is 10.7 Å². The second kappa shape index (κ2) is 9.80. The van der Waals surface area contributed by atoms with E-state index in [-0.39, 0.29) is 17.8 Å². The van der Waals surface area contributed by atoms with E-state index < -0.39 is 18.0 Å². The second-order valence-electron chi connectivity index (χ2n) is 6.27. The molecule has 2 aromatic carbocycles. The van der Waals surface area contributed by atoms with Gasteiger partial charge in [-0.05, 0) is 28.8 Å². The maximum atomic E-state index is 13.4. The van der Waals surface area contributed by atoms with Gasteiger partial charge in [0.05, 0.1) is 6.54 Å². The molecule has 3 rings (SSSR count). The predicted molar refractivity (Wildman–Crippen MR) is 116 cm³/mol. The molecule has 1 aliphatic rings. The van der Waals surface area contributed by atoms with Gasteiger partial charge in [0.25, 0.3) is 0 Å².